The zero-order valence-electron chi connectivity index (χ0n) is 15.0. The van der Waals surface area contributed by atoms with Gasteiger partial charge in [0, 0.05) is 27.3 Å². The van der Waals surface area contributed by atoms with Gasteiger partial charge in [0.1, 0.15) is 5.82 Å². The minimum atomic E-state index is -0.503. The van der Waals surface area contributed by atoms with Crippen molar-refractivity contribution in [3.63, 3.8) is 0 Å². The SMILES string of the molecule is O=C(/N=C(/Nc1cc(F)cc(Cl)c1)NC1CCC(O)CC1)c1cccc(Cl)c1. The lowest BCUT2D eigenvalue weighted by Crippen LogP contribution is -2.42. The first-order valence-corrected chi connectivity index (χ1v) is 9.71. The summed E-state index contributed by atoms with van der Waals surface area (Å²) in [6, 6.07) is 10.5. The first kappa shape index (κ1) is 20.6. The van der Waals surface area contributed by atoms with Gasteiger partial charge in [-0.1, -0.05) is 29.3 Å². The zero-order valence-corrected chi connectivity index (χ0v) is 16.5. The molecule has 0 atom stereocenters. The third-order valence-corrected chi connectivity index (χ3v) is 4.90. The van der Waals surface area contributed by atoms with Crippen molar-refractivity contribution in [2.24, 2.45) is 4.99 Å². The number of anilines is 1. The van der Waals surface area contributed by atoms with Gasteiger partial charge in [-0.05, 0) is 62.1 Å². The number of nitrogens with zero attached hydrogens (tertiary/aromatic N) is 1. The average molecular weight is 424 g/mol. The summed E-state index contributed by atoms with van der Waals surface area (Å²) >= 11 is 11.9. The summed E-state index contributed by atoms with van der Waals surface area (Å²) in [6.07, 6.45) is 2.49. The van der Waals surface area contributed by atoms with E-state index in [0.29, 0.717) is 29.1 Å². The number of aliphatic hydroxyl groups is 1. The largest absolute Gasteiger partial charge is 0.393 e. The second-order valence-electron chi connectivity index (χ2n) is 6.71. The number of carbonyl (C=O) groups excluding carboxylic acids is 1. The second kappa shape index (κ2) is 9.37. The van der Waals surface area contributed by atoms with Crippen molar-refractivity contribution in [1.82, 2.24) is 5.32 Å². The van der Waals surface area contributed by atoms with Crippen LogP contribution in [0.25, 0.3) is 0 Å². The zero-order chi connectivity index (χ0) is 20.1. The number of hydrogen-bond donors (Lipinski definition) is 3. The third-order valence-electron chi connectivity index (χ3n) is 4.45. The topological polar surface area (TPSA) is 73.7 Å². The molecule has 3 N–H and O–H groups in total. The maximum atomic E-state index is 13.7. The number of aliphatic hydroxyl groups excluding tert-OH is 1. The van der Waals surface area contributed by atoms with Crippen molar-refractivity contribution in [3.8, 4) is 0 Å². The van der Waals surface area contributed by atoms with Crippen LogP contribution in [0.15, 0.2) is 47.5 Å². The highest BCUT2D eigenvalue weighted by Gasteiger charge is 2.21. The summed E-state index contributed by atoms with van der Waals surface area (Å²) in [5.74, 6) is -0.805. The smallest absolute Gasteiger partial charge is 0.280 e. The summed E-state index contributed by atoms with van der Waals surface area (Å²) in [7, 11) is 0. The molecule has 28 heavy (non-hydrogen) atoms. The number of guanidine groups is 1. The van der Waals surface area contributed by atoms with Crippen molar-refractivity contribution in [3.05, 3.63) is 63.9 Å². The summed E-state index contributed by atoms with van der Waals surface area (Å²) in [5.41, 5.74) is 0.705. The van der Waals surface area contributed by atoms with Crippen LogP contribution >= 0.6 is 23.2 Å². The van der Waals surface area contributed by atoms with Crippen LogP contribution in [0, 0.1) is 5.82 Å². The molecule has 2 aromatic rings. The van der Waals surface area contributed by atoms with Gasteiger partial charge in [0.25, 0.3) is 5.91 Å². The molecule has 1 amide bonds. The molecular weight excluding hydrogens is 404 g/mol. The lowest BCUT2D eigenvalue weighted by atomic mass is 9.93. The number of hydrogen-bond acceptors (Lipinski definition) is 2. The Morgan fingerprint density at radius 2 is 1.82 bits per heavy atom. The highest BCUT2D eigenvalue weighted by atomic mass is 35.5. The molecule has 1 fully saturated rings. The average Bonchev–Trinajstić information content (AvgIpc) is 2.62. The number of benzene rings is 2. The van der Waals surface area contributed by atoms with Crippen molar-refractivity contribution in [2.45, 2.75) is 37.8 Å². The van der Waals surface area contributed by atoms with Gasteiger partial charge < -0.3 is 15.7 Å². The van der Waals surface area contributed by atoms with Gasteiger partial charge in [0.2, 0.25) is 5.96 Å². The van der Waals surface area contributed by atoms with Crippen LogP contribution in [0.4, 0.5) is 10.1 Å². The minimum Gasteiger partial charge on any atom is -0.393 e. The lowest BCUT2D eigenvalue weighted by molar-refractivity contribution is 0.100. The van der Waals surface area contributed by atoms with Crippen LogP contribution < -0.4 is 10.6 Å². The highest BCUT2D eigenvalue weighted by Crippen LogP contribution is 2.20. The van der Waals surface area contributed by atoms with Crippen molar-refractivity contribution in [1.29, 1.82) is 0 Å². The van der Waals surface area contributed by atoms with Gasteiger partial charge in [0.05, 0.1) is 6.10 Å². The molecule has 0 bridgehead atoms. The Balaban J connectivity index is 1.83. The molecule has 1 aliphatic carbocycles. The predicted molar refractivity (Wildman–Crippen MR) is 110 cm³/mol. The fraction of sp³-hybridized carbons (Fsp3) is 0.300. The molecule has 0 unspecified atom stereocenters. The van der Waals surface area contributed by atoms with E-state index in [1.807, 2.05) is 0 Å². The predicted octanol–water partition coefficient (Wildman–Crippen LogP) is 4.63. The Morgan fingerprint density at radius 3 is 2.50 bits per heavy atom. The van der Waals surface area contributed by atoms with Gasteiger partial charge in [-0.2, -0.15) is 4.99 Å². The number of carbonyl (C=O) groups is 1. The molecule has 5 nitrogen and oxygen atoms in total. The Hall–Kier alpha value is -2.15. The Bertz CT molecular complexity index is 863. The quantitative estimate of drug-likeness (QED) is 0.496. The molecule has 0 aliphatic heterocycles. The molecule has 0 heterocycles. The highest BCUT2D eigenvalue weighted by molar-refractivity contribution is 6.31. The molecule has 148 valence electrons. The number of rotatable bonds is 3. The van der Waals surface area contributed by atoms with Crippen LogP contribution in [0.2, 0.25) is 10.0 Å². The van der Waals surface area contributed by atoms with Crippen LogP contribution in [-0.4, -0.2) is 29.1 Å². The molecule has 8 heteroatoms. The van der Waals surface area contributed by atoms with Gasteiger partial charge in [0.15, 0.2) is 0 Å². The fourth-order valence-corrected chi connectivity index (χ4v) is 3.47. The molecule has 0 spiro atoms. The van der Waals surface area contributed by atoms with Crippen molar-refractivity contribution < 1.29 is 14.3 Å². The summed E-state index contributed by atoms with van der Waals surface area (Å²) < 4.78 is 13.7. The number of nitrogens with one attached hydrogen (secondary N) is 2. The van der Waals surface area contributed by atoms with Crippen LogP contribution in [-0.2, 0) is 0 Å². The number of aliphatic imine (C=N–C) groups is 1. The van der Waals surface area contributed by atoms with Gasteiger partial charge in [-0.15, -0.1) is 0 Å². The monoisotopic (exact) mass is 423 g/mol. The van der Waals surface area contributed by atoms with Gasteiger partial charge >= 0.3 is 0 Å². The molecular formula is C20H20Cl2FN3O2. The van der Waals surface area contributed by atoms with E-state index < -0.39 is 11.7 Å². The molecule has 3 rings (SSSR count). The molecule has 0 saturated heterocycles. The van der Waals surface area contributed by atoms with Crippen molar-refractivity contribution in [2.75, 3.05) is 5.32 Å². The lowest BCUT2D eigenvalue weighted by Gasteiger charge is -2.27. The maximum Gasteiger partial charge on any atom is 0.280 e. The molecule has 0 radical (unpaired) electrons. The van der Waals surface area contributed by atoms with E-state index in [1.165, 1.54) is 24.3 Å². The van der Waals surface area contributed by atoms with Gasteiger partial charge in [-0.25, -0.2) is 4.39 Å². The number of amides is 1. The molecule has 1 saturated carbocycles. The fourth-order valence-electron chi connectivity index (χ4n) is 3.06. The normalized spacial score (nSPS) is 19.9. The van der Waals surface area contributed by atoms with E-state index in [-0.39, 0.29) is 23.1 Å². The Labute approximate surface area is 172 Å². The van der Waals surface area contributed by atoms with Crippen molar-refractivity contribution >= 4 is 40.8 Å². The summed E-state index contributed by atoms with van der Waals surface area (Å²) in [4.78, 5) is 16.7. The number of halogens is 3. The van der Waals surface area contributed by atoms with E-state index in [4.69, 9.17) is 23.2 Å². The first-order chi connectivity index (χ1) is 13.4. The van der Waals surface area contributed by atoms with Crippen LogP contribution in [0.1, 0.15) is 36.0 Å². The van der Waals surface area contributed by atoms with E-state index in [1.54, 1.807) is 18.2 Å². The van der Waals surface area contributed by atoms with E-state index in [9.17, 15) is 14.3 Å². The van der Waals surface area contributed by atoms with Gasteiger partial charge in [-0.3, -0.25) is 4.79 Å². The Morgan fingerprint density at radius 1 is 1.07 bits per heavy atom. The van der Waals surface area contributed by atoms with E-state index in [2.05, 4.69) is 15.6 Å². The summed E-state index contributed by atoms with van der Waals surface area (Å²) in [6.45, 7) is 0. The molecule has 2 aromatic carbocycles. The standard InChI is InChI=1S/C20H20Cl2FN3O2/c21-13-3-1-2-12(8-13)19(28)26-20(24-16-4-6-18(27)7-5-16)25-17-10-14(22)9-15(23)11-17/h1-3,8-11,16,18,27H,4-7H2,(H2,24,25,26,28). The van der Waals surface area contributed by atoms with Crippen LogP contribution in [0.5, 0.6) is 0 Å². The van der Waals surface area contributed by atoms with E-state index >= 15 is 0 Å². The Kier molecular flexibility index (Phi) is 6.88. The molecule has 0 aromatic heterocycles. The molecule has 1 aliphatic rings. The van der Waals surface area contributed by atoms with E-state index in [0.717, 1.165) is 12.8 Å². The summed E-state index contributed by atoms with van der Waals surface area (Å²) in [5, 5.41) is 16.5. The van der Waals surface area contributed by atoms with Crippen LogP contribution in [0.3, 0.4) is 0 Å². The first-order valence-electron chi connectivity index (χ1n) is 8.95. The third kappa shape index (κ3) is 5.92. The minimum absolute atomic E-state index is 0.0332. The second-order valence-corrected chi connectivity index (χ2v) is 7.58. The maximum absolute atomic E-state index is 13.7.